The van der Waals surface area contributed by atoms with Crippen molar-refractivity contribution < 1.29 is 14.3 Å². The van der Waals surface area contributed by atoms with E-state index in [1.807, 2.05) is 13.8 Å². The zero-order valence-corrected chi connectivity index (χ0v) is 8.53. The number of carbonyl (C=O) groups is 2. The van der Waals surface area contributed by atoms with Gasteiger partial charge in [0.25, 0.3) is 0 Å². The lowest BCUT2D eigenvalue weighted by molar-refractivity contribution is -0.139. The van der Waals surface area contributed by atoms with E-state index in [0.717, 1.165) is 0 Å². The maximum absolute atomic E-state index is 10.9. The number of carbonyl (C=O) groups excluding carboxylic acids is 2. The Balaban J connectivity index is 4.36. The molecule has 0 atom stereocenters. The summed E-state index contributed by atoms with van der Waals surface area (Å²) in [5.41, 5.74) is 7.43. The zero-order valence-electron chi connectivity index (χ0n) is 8.53. The summed E-state index contributed by atoms with van der Waals surface area (Å²) in [6, 6.07) is -0.756. The molecule has 0 radical (unpaired) electrons. The standard InChI is InChI=1S/C8H15N3O3/c1-5(2)6(4-7(12)14-3)10-11-8(9)13/h5H,4H2,1-3H3,(H3,9,11,13). The van der Waals surface area contributed by atoms with Gasteiger partial charge in [-0.15, -0.1) is 0 Å². The number of nitrogens with zero attached hydrogens (tertiary/aromatic N) is 1. The predicted molar refractivity (Wildman–Crippen MR) is 51.6 cm³/mol. The van der Waals surface area contributed by atoms with Gasteiger partial charge in [0.05, 0.1) is 19.2 Å². The number of primary amides is 1. The van der Waals surface area contributed by atoms with Crippen molar-refractivity contribution in [3.05, 3.63) is 0 Å². The third kappa shape index (κ3) is 5.13. The number of esters is 1. The van der Waals surface area contributed by atoms with Gasteiger partial charge in [0.2, 0.25) is 0 Å². The summed E-state index contributed by atoms with van der Waals surface area (Å²) in [5, 5.41) is 3.70. The van der Waals surface area contributed by atoms with Crippen LogP contribution >= 0.6 is 0 Å². The average molecular weight is 201 g/mol. The molecule has 3 N–H and O–H groups in total. The van der Waals surface area contributed by atoms with Crippen LogP contribution in [0.1, 0.15) is 20.3 Å². The molecule has 0 aromatic rings. The minimum absolute atomic E-state index is 0.0425. The SMILES string of the molecule is COC(=O)CC(=NNC(N)=O)C(C)C. The van der Waals surface area contributed by atoms with Gasteiger partial charge in [-0.2, -0.15) is 5.10 Å². The Morgan fingerprint density at radius 2 is 2.07 bits per heavy atom. The molecule has 80 valence electrons. The summed E-state index contributed by atoms with van der Waals surface area (Å²) in [6.45, 7) is 3.70. The van der Waals surface area contributed by atoms with Crippen LogP contribution in [-0.2, 0) is 9.53 Å². The van der Waals surface area contributed by atoms with Crippen molar-refractivity contribution in [2.45, 2.75) is 20.3 Å². The van der Waals surface area contributed by atoms with Gasteiger partial charge in [-0.05, 0) is 5.92 Å². The fraction of sp³-hybridized carbons (Fsp3) is 0.625. The molecular weight excluding hydrogens is 186 g/mol. The molecule has 0 bridgehead atoms. The maximum Gasteiger partial charge on any atom is 0.332 e. The molecule has 0 unspecified atom stereocenters. The summed E-state index contributed by atoms with van der Waals surface area (Å²) in [6.07, 6.45) is 0.0500. The highest BCUT2D eigenvalue weighted by Gasteiger charge is 2.11. The van der Waals surface area contributed by atoms with Gasteiger partial charge in [-0.25, -0.2) is 10.2 Å². The van der Waals surface area contributed by atoms with Crippen LogP contribution in [0.4, 0.5) is 4.79 Å². The Bertz CT molecular complexity index is 248. The molecule has 6 heteroatoms. The molecule has 0 saturated carbocycles. The van der Waals surface area contributed by atoms with Crippen LogP contribution in [-0.4, -0.2) is 24.8 Å². The molecule has 0 spiro atoms. The van der Waals surface area contributed by atoms with Crippen molar-refractivity contribution in [2.24, 2.45) is 16.8 Å². The van der Waals surface area contributed by atoms with E-state index in [4.69, 9.17) is 5.73 Å². The Kier molecular flexibility index (Phi) is 5.28. The second-order valence-corrected chi connectivity index (χ2v) is 2.99. The number of urea groups is 1. The van der Waals surface area contributed by atoms with Crippen LogP contribution in [0.2, 0.25) is 0 Å². The molecule has 0 rings (SSSR count). The number of nitrogens with two attached hydrogens (primary N) is 1. The van der Waals surface area contributed by atoms with E-state index >= 15 is 0 Å². The first kappa shape index (κ1) is 12.4. The fourth-order valence-corrected chi connectivity index (χ4v) is 0.720. The van der Waals surface area contributed by atoms with Gasteiger partial charge >= 0.3 is 12.0 Å². The van der Waals surface area contributed by atoms with Gasteiger partial charge < -0.3 is 10.5 Å². The Labute approximate surface area is 82.5 Å². The third-order valence-corrected chi connectivity index (χ3v) is 1.53. The molecule has 14 heavy (non-hydrogen) atoms. The number of hydrazone groups is 1. The molecule has 0 heterocycles. The molecule has 0 aliphatic rings. The first-order valence-electron chi connectivity index (χ1n) is 4.16. The van der Waals surface area contributed by atoms with Crippen molar-refractivity contribution in [3.8, 4) is 0 Å². The van der Waals surface area contributed by atoms with Crippen LogP contribution < -0.4 is 11.2 Å². The maximum atomic E-state index is 10.9. The lowest BCUT2D eigenvalue weighted by Crippen LogP contribution is -2.27. The minimum Gasteiger partial charge on any atom is -0.469 e. The van der Waals surface area contributed by atoms with Gasteiger partial charge in [0, 0.05) is 0 Å². The lowest BCUT2D eigenvalue weighted by Gasteiger charge is -2.08. The van der Waals surface area contributed by atoms with E-state index in [1.54, 1.807) is 0 Å². The number of amides is 2. The van der Waals surface area contributed by atoms with Gasteiger partial charge in [0.1, 0.15) is 0 Å². The van der Waals surface area contributed by atoms with Crippen molar-refractivity contribution in [2.75, 3.05) is 7.11 Å². The van der Waals surface area contributed by atoms with E-state index in [2.05, 4.69) is 15.3 Å². The van der Waals surface area contributed by atoms with E-state index in [-0.39, 0.29) is 12.3 Å². The summed E-state index contributed by atoms with van der Waals surface area (Å²) < 4.78 is 4.47. The molecule has 0 saturated heterocycles. The van der Waals surface area contributed by atoms with E-state index in [9.17, 15) is 9.59 Å². The van der Waals surface area contributed by atoms with Crippen LogP contribution in [0.3, 0.4) is 0 Å². The average Bonchev–Trinajstić information content (AvgIpc) is 2.10. The van der Waals surface area contributed by atoms with Crippen molar-refractivity contribution >= 4 is 17.7 Å². The predicted octanol–water partition coefficient (Wildman–Crippen LogP) is 0.230. The molecule has 0 aliphatic heterocycles. The molecule has 6 nitrogen and oxygen atoms in total. The second-order valence-electron chi connectivity index (χ2n) is 2.99. The summed E-state index contributed by atoms with van der Waals surface area (Å²) in [4.78, 5) is 21.3. The first-order chi connectivity index (χ1) is 6.47. The lowest BCUT2D eigenvalue weighted by atomic mass is 10.1. The second kappa shape index (κ2) is 5.95. The van der Waals surface area contributed by atoms with E-state index in [0.29, 0.717) is 5.71 Å². The molecule has 0 aromatic heterocycles. The smallest absolute Gasteiger partial charge is 0.332 e. The van der Waals surface area contributed by atoms with E-state index in [1.165, 1.54) is 7.11 Å². The van der Waals surface area contributed by atoms with Crippen LogP contribution in [0.25, 0.3) is 0 Å². The van der Waals surface area contributed by atoms with E-state index < -0.39 is 12.0 Å². The van der Waals surface area contributed by atoms with Crippen LogP contribution in [0, 0.1) is 5.92 Å². The van der Waals surface area contributed by atoms with Crippen LogP contribution in [0.5, 0.6) is 0 Å². The Morgan fingerprint density at radius 3 is 2.43 bits per heavy atom. The van der Waals surface area contributed by atoms with Gasteiger partial charge in [-0.1, -0.05) is 13.8 Å². The number of nitrogens with one attached hydrogen (secondary N) is 1. The summed E-state index contributed by atoms with van der Waals surface area (Å²) >= 11 is 0. The fourth-order valence-electron chi connectivity index (χ4n) is 0.720. The number of hydrogen-bond donors (Lipinski definition) is 2. The Morgan fingerprint density at radius 1 is 1.50 bits per heavy atom. The molecule has 0 aromatic carbocycles. The molecule has 2 amide bonds. The monoisotopic (exact) mass is 201 g/mol. The zero-order chi connectivity index (χ0) is 11.1. The quantitative estimate of drug-likeness (QED) is 0.387. The summed E-state index contributed by atoms with van der Waals surface area (Å²) in [7, 11) is 1.29. The first-order valence-corrected chi connectivity index (χ1v) is 4.16. The number of rotatable bonds is 4. The highest BCUT2D eigenvalue weighted by molar-refractivity contribution is 6.00. The van der Waals surface area contributed by atoms with Crippen molar-refractivity contribution in [1.29, 1.82) is 0 Å². The van der Waals surface area contributed by atoms with Gasteiger partial charge in [-0.3, -0.25) is 4.79 Å². The number of hydrogen-bond acceptors (Lipinski definition) is 4. The Hall–Kier alpha value is -1.59. The minimum atomic E-state index is -0.756. The van der Waals surface area contributed by atoms with Crippen LogP contribution in [0.15, 0.2) is 5.10 Å². The third-order valence-electron chi connectivity index (χ3n) is 1.53. The highest BCUT2D eigenvalue weighted by Crippen LogP contribution is 2.02. The topological polar surface area (TPSA) is 93.8 Å². The largest absolute Gasteiger partial charge is 0.469 e. The molecular formula is C8H15N3O3. The number of ether oxygens (including phenoxy) is 1. The molecule has 0 aliphatic carbocycles. The van der Waals surface area contributed by atoms with Crippen molar-refractivity contribution in [3.63, 3.8) is 0 Å². The summed E-state index contributed by atoms with van der Waals surface area (Å²) in [5.74, 6) is -0.357. The normalized spacial score (nSPS) is 11.3. The highest BCUT2D eigenvalue weighted by atomic mass is 16.5. The molecule has 0 fully saturated rings. The van der Waals surface area contributed by atoms with Crippen molar-refractivity contribution in [1.82, 2.24) is 5.43 Å². The number of methoxy groups -OCH3 is 1. The van der Waals surface area contributed by atoms with Gasteiger partial charge in [0.15, 0.2) is 0 Å².